The average molecular weight is 281 g/mol. The van der Waals surface area contributed by atoms with Crippen molar-refractivity contribution in [3.05, 3.63) is 66.0 Å². The van der Waals surface area contributed by atoms with Gasteiger partial charge in [0, 0.05) is 51.2 Å². The van der Waals surface area contributed by atoms with Crippen LogP contribution in [0.15, 0.2) is 54.9 Å². The number of hydrogen-bond acceptors (Lipinski definition) is 3. The van der Waals surface area contributed by atoms with Gasteiger partial charge in [-0.05, 0) is 24.1 Å². The van der Waals surface area contributed by atoms with Crippen molar-refractivity contribution < 1.29 is 0 Å². The van der Waals surface area contributed by atoms with Crippen LogP contribution in [0.5, 0.6) is 0 Å². The molecule has 0 saturated carbocycles. The molecule has 1 aliphatic rings. The summed E-state index contributed by atoms with van der Waals surface area (Å²) in [5, 5.41) is 0. The van der Waals surface area contributed by atoms with Crippen molar-refractivity contribution in [1.29, 1.82) is 0 Å². The largest absolute Gasteiger partial charge is 0.297 e. The Morgan fingerprint density at radius 3 is 2.43 bits per heavy atom. The zero-order valence-corrected chi connectivity index (χ0v) is 12.7. The van der Waals surface area contributed by atoms with Crippen molar-refractivity contribution in [3.63, 3.8) is 0 Å². The Bertz CT molecular complexity index is 533. The first-order valence-corrected chi connectivity index (χ1v) is 7.73. The van der Waals surface area contributed by atoms with Crippen LogP contribution in [0.1, 0.15) is 24.1 Å². The third-order valence-electron chi connectivity index (χ3n) is 4.37. The number of rotatable bonds is 4. The lowest BCUT2D eigenvalue weighted by Crippen LogP contribution is -2.46. The van der Waals surface area contributed by atoms with Gasteiger partial charge >= 0.3 is 0 Å². The standard InChI is InChI=1S/C18H23N3/c1-16(18-8-5-9-19-14-18)21-12-10-20(11-13-21)15-17-6-3-2-4-7-17/h2-9,14,16H,10-13,15H2,1H3. The van der Waals surface area contributed by atoms with Gasteiger partial charge in [0.15, 0.2) is 0 Å². The number of benzene rings is 1. The number of aromatic nitrogens is 1. The van der Waals surface area contributed by atoms with Gasteiger partial charge in [0.05, 0.1) is 0 Å². The minimum absolute atomic E-state index is 0.456. The lowest BCUT2D eigenvalue weighted by molar-refractivity contribution is 0.0977. The van der Waals surface area contributed by atoms with Crippen LogP contribution in [0.25, 0.3) is 0 Å². The van der Waals surface area contributed by atoms with E-state index < -0.39 is 0 Å². The van der Waals surface area contributed by atoms with Crippen molar-refractivity contribution in [2.24, 2.45) is 0 Å². The first-order valence-electron chi connectivity index (χ1n) is 7.73. The van der Waals surface area contributed by atoms with E-state index in [9.17, 15) is 0 Å². The molecule has 1 aromatic heterocycles. The highest BCUT2D eigenvalue weighted by molar-refractivity contribution is 5.15. The Balaban J connectivity index is 1.53. The normalized spacial score (nSPS) is 18.5. The molecule has 1 atom stereocenters. The van der Waals surface area contributed by atoms with Crippen LogP contribution < -0.4 is 0 Å². The Kier molecular flexibility index (Phi) is 4.63. The van der Waals surface area contributed by atoms with Gasteiger partial charge in [0.25, 0.3) is 0 Å². The van der Waals surface area contributed by atoms with Gasteiger partial charge < -0.3 is 0 Å². The van der Waals surface area contributed by atoms with E-state index in [4.69, 9.17) is 0 Å². The van der Waals surface area contributed by atoms with Gasteiger partial charge in [-0.25, -0.2) is 0 Å². The van der Waals surface area contributed by atoms with Gasteiger partial charge in [-0.15, -0.1) is 0 Å². The Morgan fingerprint density at radius 1 is 1.00 bits per heavy atom. The summed E-state index contributed by atoms with van der Waals surface area (Å²) < 4.78 is 0. The van der Waals surface area contributed by atoms with Crippen LogP contribution in [0, 0.1) is 0 Å². The third kappa shape index (κ3) is 3.69. The first-order chi connectivity index (χ1) is 10.3. The minimum atomic E-state index is 0.456. The molecule has 0 N–H and O–H groups in total. The molecular formula is C18H23N3. The van der Waals surface area contributed by atoms with E-state index in [0.29, 0.717) is 6.04 Å². The monoisotopic (exact) mass is 281 g/mol. The van der Waals surface area contributed by atoms with E-state index >= 15 is 0 Å². The molecule has 0 bridgehead atoms. The van der Waals surface area contributed by atoms with Crippen molar-refractivity contribution >= 4 is 0 Å². The Labute approximate surface area is 127 Å². The summed E-state index contributed by atoms with van der Waals surface area (Å²) >= 11 is 0. The smallest absolute Gasteiger partial charge is 0.0336 e. The molecular weight excluding hydrogens is 258 g/mol. The molecule has 110 valence electrons. The fraction of sp³-hybridized carbons (Fsp3) is 0.389. The third-order valence-corrected chi connectivity index (χ3v) is 4.37. The second-order valence-corrected chi connectivity index (χ2v) is 5.76. The second kappa shape index (κ2) is 6.83. The van der Waals surface area contributed by atoms with Crippen molar-refractivity contribution in [1.82, 2.24) is 14.8 Å². The molecule has 1 aliphatic heterocycles. The first kappa shape index (κ1) is 14.2. The molecule has 3 rings (SSSR count). The SMILES string of the molecule is CC(c1cccnc1)N1CCN(Cc2ccccc2)CC1. The fourth-order valence-corrected chi connectivity index (χ4v) is 2.98. The minimum Gasteiger partial charge on any atom is -0.297 e. The highest BCUT2D eigenvalue weighted by atomic mass is 15.3. The zero-order valence-electron chi connectivity index (χ0n) is 12.7. The van der Waals surface area contributed by atoms with Gasteiger partial charge in [0.1, 0.15) is 0 Å². The topological polar surface area (TPSA) is 19.4 Å². The predicted molar refractivity (Wildman–Crippen MR) is 85.9 cm³/mol. The Morgan fingerprint density at radius 2 is 1.76 bits per heavy atom. The van der Waals surface area contributed by atoms with Crippen LogP contribution in [-0.2, 0) is 6.54 Å². The molecule has 3 nitrogen and oxygen atoms in total. The van der Waals surface area contributed by atoms with Gasteiger partial charge in [-0.1, -0.05) is 36.4 Å². The summed E-state index contributed by atoms with van der Waals surface area (Å²) in [6, 6.07) is 15.4. The highest BCUT2D eigenvalue weighted by Gasteiger charge is 2.21. The predicted octanol–water partition coefficient (Wildman–Crippen LogP) is 2.96. The van der Waals surface area contributed by atoms with E-state index in [1.165, 1.54) is 11.1 Å². The molecule has 1 fully saturated rings. The van der Waals surface area contributed by atoms with E-state index in [1.54, 1.807) is 0 Å². The molecule has 1 unspecified atom stereocenters. The van der Waals surface area contributed by atoms with Gasteiger partial charge in [-0.2, -0.15) is 0 Å². The molecule has 0 spiro atoms. The summed E-state index contributed by atoms with van der Waals surface area (Å²) in [7, 11) is 0. The number of piperazine rings is 1. The van der Waals surface area contributed by atoms with Gasteiger partial charge in [-0.3, -0.25) is 14.8 Å². The van der Waals surface area contributed by atoms with Gasteiger partial charge in [0.2, 0.25) is 0 Å². The zero-order chi connectivity index (χ0) is 14.5. The maximum absolute atomic E-state index is 4.23. The molecule has 0 radical (unpaired) electrons. The summed E-state index contributed by atoms with van der Waals surface area (Å²) in [5.74, 6) is 0. The maximum Gasteiger partial charge on any atom is 0.0336 e. The molecule has 0 amide bonds. The summed E-state index contributed by atoms with van der Waals surface area (Å²) in [4.78, 5) is 9.33. The molecule has 1 aromatic carbocycles. The maximum atomic E-state index is 4.23. The number of nitrogens with zero attached hydrogens (tertiary/aromatic N) is 3. The summed E-state index contributed by atoms with van der Waals surface area (Å²) in [6.07, 6.45) is 3.83. The van der Waals surface area contributed by atoms with Crippen LogP contribution in [0.4, 0.5) is 0 Å². The summed E-state index contributed by atoms with van der Waals surface area (Å²) in [6.45, 7) is 7.88. The van der Waals surface area contributed by atoms with Crippen molar-refractivity contribution in [2.45, 2.75) is 19.5 Å². The second-order valence-electron chi connectivity index (χ2n) is 5.76. The van der Waals surface area contributed by atoms with Crippen LogP contribution >= 0.6 is 0 Å². The Hall–Kier alpha value is -1.71. The van der Waals surface area contributed by atoms with Crippen LogP contribution in [0.3, 0.4) is 0 Å². The fourth-order valence-electron chi connectivity index (χ4n) is 2.98. The van der Waals surface area contributed by atoms with E-state index in [-0.39, 0.29) is 0 Å². The number of hydrogen-bond donors (Lipinski definition) is 0. The number of pyridine rings is 1. The van der Waals surface area contributed by atoms with E-state index in [1.807, 2.05) is 18.5 Å². The van der Waals surface area contributed by atoms with Crippen molar-refractivity contribution in [3.8, 4) is 0 Å². The van der Waals surface area contributed by atoms with Crippen molar-refractivity contribution in [2.75, 3.05) is 26.2 Å². The highest BCUT2D eigenvalue weighted by Crippen LogP contribution is 2.21. The molecule has 21 heavy (non-hydrogen) atoms. The molecule has 2 heterocycles. The van der Waals surface area contributed by atoms with Crippen LogP contribution in [-0.4, -0.2) is 41.0 Å². The summed E-state index contributed by atoms with van der Waals surface area (Å²) in [5.41, 5.74) is 2.72. The molecule has 3 heteroatoms. The lowest BCUT2D eigenvalue weighted by Gasteiger charge is -2.38. The molecule has 1 saturated heterocycles. The van der Waals surface area contributed by atoms with E-state index in [0.717, 1.165) is 32.7 Å². The van der Waals surface area contributed by atoms with Crippen LogP contribution in [0.2, 0.25) is 0 Å². The molecule has 0 aliphatic carbocycles. The quantitative estimate of drug-likeness (QED) is 0.859. The van der Waals surface area contributed by atoms with E-state index in [2.05, 4.69) is 58.1 Å². The lowest BCUT2D eigenvalue weighted by atomic mass is 10.1. The average Bonchev–Trinajstić information content (AvgIpc) is 2.57. The molecule has 2 aromatic rings.